The lowest BCUT2D eigenvalue weighted by Crippen LogP contribution is -2.42. The minimum Gasteiger partial charge on any atom is -0.389 e. The number of rotatable bonds is 5. The van der Waals surface area contributed by atoms with Gasteiger partial charge in [0.2, 0.25) is 0 Å². The average molecular weight is 244 g/mol. The molecule has 0 unspecified atom stereocenters. The van der Waals surface area contributed by atoms with Gasteiger partial charge in [-0.3, -0.25) is 0 Å². The van der Waals surface area contributed by atoms with Crippen molar-refractivity contribution in [2.75, 3.05) is 44.2 Å². The molecule has 1 saturated heterocycles. The van der Waals surface area contributed by atoms with Crippen LogP contribution in [0.5, 0.6) is 0 Å². The van der Waals surface area contributed by atoms with Crippen molar-refractivity contribution in [1.29, 1.82) is 0 Å². The fourth-order valence-electron chi connectivity index (χ4n) is 2.59. The minimum atomic E-state index is -0.391. The second-order valence-electron chi connectivity index (χ2n) is 5.06. The summed E-state index contributed by atoms with van der Waals surface area (Å²) in [6.45, 7) is 5.41. The van der Waals surface area contributed by atoms with E-state index in [0.717, 1.165) is 32.5 Å². The van der Waals surface area contributed by atoms with Gasteiger partial charge in [0.05, 0.1) is 5.60 Å². The highest BCUT2D eigenvalue weighted by molar-refractivity contribution is 7.99. The Morgan fingerprint density at radius 3 is 2.56 bits per heavy atom. The molecule has 94 valence electrons. The van der Waals surface area contributed by atoms with Crippen LogP contribution in [0.2, 0.25) is 0 Å². The summed E-state index contributed by atoms with van der Waals surface area (Å²) in [6, 6.07) is 0. The van der Waals surface area contributed by atoms with Crippen LogP contribution in [0, 0.1) is 0 Å². The number of aliphatic hydroxyl groups is 1. The van der Waals surface area contributed by atoms with Gasteiger partial charge in [0.1, 0.15) is 0 Å². The van der Waals surface area contributed by atoms with Crippen molar-refractivity contribution >= 4 is 11.8 Å². The van der Waals surface area contributed by atoms with Gasteiger partial charge in [0.15, 0.2) is 0 Å². The summed E-state index contributed by atoms with van der Waals surface area (Å²) in [5, 5.41) is 13.6. The topological polar surface area (TPSA) is 35.5 Å². The first kappa shape index (κ1) is 12.7. The molecule has 3 nitrogen and oxygen atoms in total. The normalized spacial score (nSPS) is 26.1. The molecule has 0 spiro atoms. The molecule has 0 atom stereocenters. The van der Waals surface area contributed by atoms with Crippen LogP contribution in [0.1, 0.15) is 25.7 Å². The van der Waals surface area contributed by atoms with Crippen molar-refractivity contribution in [3.63, 3.8) is 0 Å². The fourth-order valence-corrected chi connectivity index (χ4v) is 3.57. The van der Waals surface area contributed by atoms with Crippen LogP contribution >= 0.6 is 11.8 Å². The van der Waals surface area contributed by atoms with Crippen LogP contribution in [0.25, 0.3) is 0 Å². The van der Waals surface area contributed by atoms with Gasteiger partial charge in [-0.2, -0.15) is 11.8 Å². The second kappa shape index (κ2) is 6.24. The molecule has 0 bridgehead atoms. The van der Waals surface area contributed by atoms with E-state index >= 15 is 0 Å². The predicted molar refractivity (Wildman–Crippen MR) is 70.1 cm³/mol. The lowest BCUT2D eigenvalue weighted by atomic mass is 10.0. The molecule has 0 aromatic heterocycles. The Kier molecular flexibility index (Phi) is 4.95. The lowest BCUT2D eigenvalue weighted by Gasteiger charge is -2.27. The average Bonchev–Trinajstić information content (AvgIpc) is 2.74. The molecule has 1 aliphatic heterocycles. The van der Waals surface area contributed by atoms with Gasteiger partial charge in [-0.1, -0.05) is 12.8 Å². The van der Waals surface area contributed by atoms with Gasteiger partial charge in [-0.25, -0.2) is 0 Å². The first-order valence-corrected chi connectivity index (χ1v) is 7.67. The van der Waals surface area contributed by atoms with Crippen molar-refractivity contribution in [2.45, 2.75) is 31.3 Å². The number of nitrogens with one attached hydrogen (secondary N) is 1. The molecular formula is C12H24N2OS. The van der Waals surface area contributed by atoms with E-state index in [1.54, 1.807) is 0 Å². The Hall–Kier alpha value is 0.230. The SMILES string of the molecule is OC1(CNCCN2CCSCC2)CCCC1. The van der Waals surface area contributed by atoms with Crippen molar-refractivity contribution in [3.8, 4) is 0 Å². The van der Waals surface area contributed by atoms with Crippen LogP contribution in [0.15, 0.2) is 0 Å². The molecule has 0 aromatic carbocycles. The molecule has 2 N–H and O–H groups in total. The van der Waals surface area contributed by atoms with Gasteiger partial charge >= 0.3 is 0 Å². The maximum atomic E-state index is 10.1. The molecule has 1 heterocycles. The Labute approximate surface area is 103 Å². The van der Waals surface area contributed by atoms with E-state index in [9.17, 15) is 5.11 Å². The van der Waals surface area contributed by atoms with Crippen molar-refractivity contribution in [2.24, 2.45) is 0 Å². The number of thioether (sulfide) groups is 1. The zero-order valence-corrected chi connectivity index (χ0v) is 10.9. The third-order valence-electron chi connectivity index (χ3n) is 3.70. The number of hydrogen-bond acceptors (Lipinski definition) is 4. The molecule has 2 fully saturated rings. The Morgan fingerprint density at radius 1 is 1.19 bits per heavy atom. The zero-order chi connectivity index (χ0) is 11.3. The molecule has 16 heavy (non-hydrogen) atoms. The summed E-state index contributed by atoms with van der Waals surface area (Å²) in [4.78, 5) is 2.52. The second-order valence-corrected chi connectivity index (χ2v) is 6.29. The Balaban J connectivity index is 1.54. The maximum Gasteiger partial charge on any atom is 0.0771 e. The summed E-state index contributed by atoms with van der Waals surface area (Å²) < 4.78 is 0. The van der Waals surface area contributed by atoms with Crippen LogP contribution < -0.4 is 5.32 Å². The molecule has 0 amide bonds. The molecule has 2 aliphatic rings. The van der Waals surface area contributed by atoms with Crippen molar-refractivity contribution in [3.05, 3.63) is 0 Å². The standard InChI is InChI=1S/C12H24N2OS/c15-12(3-1-2-4-12)11-13-5-6-14-7-9-16-10-8-14/h13,15H,1-11H2. The monoisotopic (exact) mass is 244 g/mol. The number of hydrogen-bond donors (Lipinski definition) is 2. The van der Waals surface area contributed by atoms with E-state index in [0.29, 0.717) is 0 Å². The first-order valence-electron chi connectivity index (χ1n) is 6.52. The molecule has 0 radical (unpaired) electrons. The molecular weight excluding hydrogens is 220 g/mol. The van der Waals surface area contributed by atoms with E-state index in [2.05, 4.69) is 22.0 Å². The van der Waals surface area contributed by atoms with Gasteiger partial charge in [0, 0.05) is 44.2 Å². The fraction of sp³-hybridized carbons (Fsp3) is 1.00. The lowest BCUT2D eigenvalue weighted by molar-refractivity contribution is 0.0473. The third-order valence-corrected chi connectivity index (χ3v) is 4.64. The molecule has 1 saturated carbocycles. The summed E-state index contributed by atoms with van der Waals surface area (Å²) in [5.74, 6) is 2.56. The van der Waals surface area contributed by atoms with E-state index in [-0.39, 0.29) is 0 Å². The van der Waals surface area contributed by atoms with Crippen LogP contribution in [-0.4, -0.2) is 59.8 Å². The minimum absolute atomic E-state index is 0.391. The maximum absolute atomic E-state index is 10.1. The van der Waals surface area contributed by atoms with Crippen molar-refractivity contribution in [1.82, 2.24) is 10.2 Å². The van der Waals surface area contributed by atoms with Crippen LogP contribution in [-0.2, 0) is 0 Å². The van der Waals surface area contributed by atoms with Gasteiger partial charge in [0.25, 0.3) is 0 Å². The highest BCUT2D eigenvalue weighted by atomic mass is 32.2. The number of nitrogens with zero attached hydrogens (tertiary/aromatic N) is 1. The summed E-state index contributed by atoms with van der Waals surface area (Å²) >= 11 is 2.06. The quantitative estimate of drug-likeness (QED) is 0.705. The smallest absolute Gasteiger partial charge is 0.0771 e. The Morgan fingerprint density at radius 2 is 1.88 bits per heavy atom. The Bertz CT molecular complexity index is 201. The first-order chi connectivity index (χ1) is 7.79. The predicted octanol–water partition coefficient (Wildman–Crippen LogP) is 0.930. The van der Waals surface area contributed by atoms with Gasteiger partial charge in [-0.05, 0) is 12.8 Å². The van der Waals surface area contributed by atoms with E-state index in [1.807, 2.05) is 0 Å². The molecule has 1 aliphatic carbocycles. The van der Waals surface area contributed by atoms with Crippen LogP contribution in [0.3, 0.4) is 0 Å². The zero-order valence-electron chi connectivity index (χ0n) is 10.1. The van der Waals surface area contributed by atoms with Crippen molar-refractivity contribution < 1.29 is 5.11 Å². The van der Waals surface area contributed by atoms with Crippen LogP contribution in [0.4, 0.5) is 0 Å². The van der Waals surface area contributed by atoms with Gasteiger partial charge in [-0.15, -0.1) is 0 Å². The highest BCUT2D eigenvalue weighted by Gasteiger charge is 2.30. The summed E-state index contributed by atoms with van der Waals surface area (Å²) in [6.07, 6.45) is 4.36. The third kappa shape index (κ3) is 3.91. The summed E-state index contributed by atoms with van der Waals surface area (Å²) in [5.41, 5.74) is -0.391. The van der Waals surface area contributed by atoms with E-state index in [1.165, 1.54) is 37.4 Å². The molecule has 0 aromatic rings. The largest absolute Gasteiger partial charge is 0.389 e. The molecule has 2 rings (SSSR count). The highest BCUT2D eigenvalue weighted by Crippen LogP contribution is 2.28. The summed E-state index contributed by atoms with van der Waals surface area (Å²) in [7, 11) is 0. The van der Waals surface area contributed by atoms with Gasteiger partial charge < -0.3 is 15.3 Å². The van der Waals surface area contributed by atoms with E-state index < -0.39 is 5.60 Å². The molecule has 4 heteroatoms. The van der Waals surface area contributed by atoms with E-state index in [4.69, 9.17) is 0 Å².